The first-order valence-electron chi connectivity index (χ1n) is 9.43. The smallest absolute Gasteiger partial charge is 0.319 e. The molecule has 1 unspecified atom stereocenters. The summed E-state index contributed by atoms with van der Waals surface area (Å²) in [4.78, 5) is 12.5. The fourth-order valence-electron chi connectivity index (χ4n) is 3.01. The molecule has 0 aliphatic heterocycles. The highest BCUT2D eigenvalue weighted by Crippen LogP contribution is 2.24. The molecule has 0 aromatic heterocycles. The third kappa shape index (κ3) is 5.61. The molecule has 3 aromatic carbocycles. The molecule has 0 bridgehead atoms. The first kappa shape index (κ1) is 21.4. The molecule has 6 nitrogen and oxygen atoms in total. The Balaban J connectivity index is 1.57. The zero-order valence-electron chi connectivity index (χ0n) is 17.0. The number of rotatable bonds is 6. The summed E-state index contributed by atoms with van der Waals surface area (Å²) in [5.74, 6) is 1.09. The second-order valence-corrected chi connectivity index (χ2v) is 9.06. The highest BCUT2D eigenvalue weighted by Gasteiger charge is 2.11. The number of hydrogen-bond acceptors (Lipinski definition) is 4. The Hall–Kier alpha value is -3.32. The zero-order chi connectivity index (χ0) is 21.7. The van der Waals surface area contributed by atoms with Gasteiger partial charge >= 0.3 is 6.03 Å². The van der Waals surface area contributed by atoms with E-state index in [1.165, 1.54) is 12.1 Å². The lowest BCUT2D eigenvalue weighted by Crippen LogP contribution is -2.31. The molecule has 30 heavy (non-hydrogen) atoms. The SMILES string of the molecule is Cc1ccccc1C(C)NC(=O)Nc1ccc(Oc2ccc(S(C)(=O)=O)cc2)cc1. The van der Waals surface area contributed by atoms with E-state index in [9.17, 15) is 13.2 Å². The maximum Gasteiger partial charge on any atom is 0.319 e. The van der Waals surface area contributed by atoms with E-state index in [0.29, 0.717) is 17.2 Å². The van der Waals surface area contributed by atoms with Gasteiger partial charge in [-0.3, -0.25) is 0 Å². The van der Waals surface area contributed by atoms with E-state index >= 15 is 0 Å². The highest BCUT2D eigenvalue weighted by atomic mass is 32.2. The average Bonchev–Trinajstić information content (AvgIpc) is 2.69. The van der Waals surface area contributed by atoms with Gasteiger partial charge in [0.2, 0.25) is 0 Å². The van der Waals surface area contributed by atoms with Crippen molar-refractivity contribution in [2.45, 2.75) is 24.8 Å². The lowest BCUT2D eigenvalue weighted by Gasteiger charge is -2.17. The second kappa shape index (κ2) is 9.00. The molecule has 2 amide bonds. The predicted molar refractivity (Wildman–Crippen MR) is 118 cm³/mol. The average molecular weight is 425 g/mol. The first-order chi connectivity index (χ1) is 14.2. The molecule has 0 aliphatic rings. The van der Waals surface area contributed by atoms with Crippen LogP contribution in [0.5, 0.6) is 11.5 Å². The minimum Gasteiger partial charge on any atom is -0.457 e. The number of sulfone groups is 1. The Bertz CT molecular complexity index is 1120. The summed E-state index contributed by atoms with van der Waals surface area (Å²) in [6.45, 7) is 3.95. The second-order valence-electron chi connectivity index (χ2n) is 7.05. The van der Waals surface area contributed by atoms with Crippen molar-refractivity contribution in [1.82, 2.24) is 5.32 Å². The molecule has 0 fully saturated rings. The fraction of sp³-hybridized carbons (Fsp3) is 0.174. The number of benzene rings is 3. The van der Waals surface area contributed by atoms with E-state index < -0.39 is 9.84 Å². The van der Waals surface area contributed by atoms with Crippen LogP contribution in [0.4, 0.5) is 10.5 Å². The Morgan fingerprint density at radius 3 is 2.03 bits per heavy atom. The van der Waals surface area contributed by atoms with Crippen LogP contribution in [0.3, 0.4) is 0 Å². The van der Waals surface area contributed by atoms with Crippen molar-refractivity contribution in [3.05, 3.63) is 83.9 Å². The van der Waals surface area contributed by atoms with Crippen molar-refractivity contribution >= 4 is 21.6 Å². The summed E-state index contributed by atoms with van der Waals surface area (Å²) in [5, 5.41) is 5.73. The topological polar surface area (TPSA) is 84.5 Å². The van der Waals surface area contributed by atoms with Gasteiger partial charge in [0.1, 0.15) is 11.5 Å². The van der Waals surface area contributed by atoms with Crippen molar-refractivity contribution in [2.75, 3.05) is 11.6 Å². The normalized spacial score (nSPS) is 12.1. The molecule has 0 aliphatic carbocycles. The van der Waals surface area contributed by atoms with Crippen molar-refractivity contribution < 1.29 is 17.9 Å². The molecular formula is C23H24N2O4S. The number of carbonyl (C=O) groups is 1. The monoisotopic (exact) mass is 424 g/mol. The van der Waals surface area contributed by atoms with Crippen LogP contribution in [0.1, 0.15) is 24.1 Å². The third-order valence-electron chi connectivity index (χ3n) is 4.60. The number of hydrogen-bond donors (Lipinski definition) is 2. The summed E-state index contributed by atoms with van der Waals surface area (Å²) in [6, 6.07) is 20.6. The Morgan fingerprint density at radius 2 is 1.47 bits per heavy atom. The first-order valence-corrected chi connectivity index (χ1v) is 11.3. The van der Waals surface area contributed by atoms with Gasteiger partial charge in [-0.15, -0.1) is 0 Å². The van der Waals surface area contributed by atoms with Crippen molar-refractivity contribution in [3.63, 3.8) is 0 Å². The maximum absolute atomic E-state index is 12.3. The van der Waals surface area contributed by atoms with Crippen LogP contribution in [0.25, 0.3) is 0 Å². The lowest BCUT2D eigenvalue weighted by atomic mass is 10.0. The Labute approximate surface area is 176 Å². The van der Waals surface area contributed by atoms with E-state index in [0.717, 1.165) is 17.4 Å². The quantitative estimate of drug-likeness (QED) is 0.578. The van der Waals surface area contributed by atoms with Gasteiger partial charge in [0.25, 0.3) is 0 Å². The molecule has 7 heteroatoms. The zero-order valence-corrected chi connectivity index (χ0v) is 17.9. The van der Waals surface area contributed by atoms with Gasteiger partial charge in [-0.05, 0) is 73.5 Å². The van der Waals surface area contributed by atoms with Gasteiger partial charge in [0.15, 0.2) is 9.84 Å². The highest BCUT2D eigenvalue weighted by molar-refractivity contribution is 7.90. The van der Waals surface area contributed by atoms with Gasteiger partial charge < -0.3 is 15.4 Å². The summed E-state index contributed by atoms with van der Waals surface area (Å²) < 4.78 is 28.7. The van der Waals surface area contributed by atoms with Crippen LogP contribution in [-0.4, -0.2) is 20.7 Å². The van der Waals surface area contributed by atoms with Crippen LogP contribution in [0.2, 0.25) is 0 Å². The summed E-state index contributed by atoms with van der Waals surface area (Å²) >= 11 is 0. The predicted octanol–water partition coefficient (Wildman–Crippen LogP) is 5.07. The van der Waals surface area contributed by atoms with Crippen LogP contribution in [0.15, 0.2) is 77.7 Å². The number of anilines is 1. The Morgan fingerprint density at radius 1 is 0.900 bits per heavy atom. The van der Waals surface area contributed by atoms with Crippen molar-refractivity contribution in [2.24, 2.45) is 0 Å². The summed E-state index contributed by atoms with van der Waals surface area (Å²) in [7, 11) is -3.24. The minimum absolute atomic E-state index is 0.122. The minimum atomic E-state index is -3.24. The van der Waals surface area contributed by atoms with E-state index in [2.05, 4.69) is 10.6 Å². The van der Waals surface area contributed by atoms with E-state index in [4.69, 9.17) is 4.74 Å². The molecule has 0 saturated heterocycles. The number of ether oxygens (including phenoxy) is 1. The molecule has 0 heterocycles. The number of aryl methyl sites for hydroxylation is 1. The largest absolute Gasteiger partial charge is 0.457 e. The molecule has 0 spiro atoms. The van der Waals surface area contributed by atoms with Gasteiger partial charge in [0.05, 0.1) is 10.9 Å². The third-order valence-corrected chi connectivity index (χ3v) is 5.73. The number of urea groups is 1. The number of carbonyl (C=O) groups excluding carboxylic acids is 1. The molecule has 1 atom stereocenters. The van der Waals surface area contributed by atoms with Crippen LogP contribution < -0.4 is 15.4 Å². The maximum atomic E-state index is 12.3. The fourth-order valence-corrected chi connectivity index (χ4v) is 3.64. The van der Waals surface area contributed by atoms with E-state index in [1.54, 1.807) is 36.4 Å². The molecule has 156 valence electrons. The van der Waals surface area contributed by atoms with Gasteiger partial charge in [-0.25, -0.2) is 13.2 Å². The van der Waals surface area contributed by atoms with Crippen molar-refractivity contribution in [1.29, 1.82) is 0 Å². The standard InChI is InChI=1S/C23H24N2O4S/c1-16-6-4-5-7-22(16)17(2)24-23(26)25-18-8-10-19(11-9-18)29-20-12-14-21(15-13-20)30(3,27)28/h4-15,17H,1-3H3,(H2,24,25,26). The van der Waals surface area contributed by atoms with Crippen LogP contribution in [-0.2, 0) is 9.84 Å². The van der Waals surface area contributed by atoms with Crippen molar-refractivity contribution in [3.8, 4) is 11.5 Å². The molecule has 2 N–H and O–H groups in total. The van der Waals surface area contributed by atoms with Crippen LogP contribution >= 0.6 is 0 Å². The molecular weight excluding hydrogens is 400 g/mol. The molecule has 0 saturated carbocycles. The lowest BCUT2D eigenvalue weighted by molar-refractivity contribution is 0.249. The Kier molecular flexibility index (Phi) is 6.42. The molecule has 0 radical (unpaired) electrons. The van der Waals surface area contributed by atoms with E-state index in [-0.39, 0.29) is 17.0 Å². The van der Waals surface area contributed by atoms with E-state index in [1.807, 2.05) is 38.1 Å². The summed E-state index contributed by atoms with van der Waals surface area (Å²) in [6.07, 6.45) is 1.16. The van der Waals surface area contributed by atoms with Gasteiger partial charge in [-0.1, -0.05) is 24.3 Å². The molecule has 3 rings (SSSR count). The molecule has 3 aromatic rings. The van der Waals surface area contributed by atoms with Crippen LogP contribution in [0, 0.1) is 6.92 Å². The van der Waals surface area contributed by atoms with Gasteiger partial charge in [0, 0.05) is 11.9 Å². The summed E-state index contributed by atoms with van der Waals surface area (Å²) in [5.41, 5.74) is 2.82. The number of nitrogens with one attached hydrogen (secondary N) is 2. The number of amides is 2. The van der Waals surface area contributed by atoms with Gasteiger partial charge in [-0.2, -0.15) is 0 Å².